The van der Waals surface area contributed by atoms with Crippen molar-refractivity contribution < 1.29 is 0 Å². The zero-order valence-electron chi connectivity index (χ0n) is 8.37. The first-order valence-corrected chi connectivity index (χ1v) is 5.90. The van der Waals surface area contributed by atoms with Gasteiger partial charge in [0.1, 0.15) is 0 Å². The molecule has 0 aliphatic carbocycles. The number of piperazine rings is 1. The Morgan fingerprint density at radius 1 is 1.40 bits per heavy atom. The molecule has 1 atom stereocenters. The number of benzene rings is 1. The topological polar surface area (TPSA) is 15.3 Å². The lowest BCUT2D eigenvalue weighted by atomic mass is 10.1. The summed E-state index contributed by atoms with van der Waals surface area (Å²) in [4.78, 5) is 2.54. The molecule has 1 aromatic carbocycles. The summed E-state index contributed by atoms with van der Waals surface area (Å²) in [6, 6.07) is 7.33. The van der Waals surface area contributed by atoms with Gasteiger partial charge in [-0.1, -0.05) is 22.0 Å². The van der Waals surface area contributed by atoms with Crippen molar-refractivity contribution in [3.05, 3.63) is 28.2 Å². The molecule has 15 heavy (non-hydrogen) atoms. The molecular weight excluding hydrogens is 275 g/mol. The van der Waals surface area contributed by atoms with Gasteiger partial charge in [-0.25, -0.2) is 0 Å². The third kappa shape index (κ3) is 1.88. The number of nitrogens with zero attached hydrogens (tertiary/aromatic N) is 1. The van der Waals surface area contributed by atoms with Crippen molar-refractivity contribution in [2.45, 2.75) is 12.5 Å². The van der Waals surface area contributed by atoms with Gasteiger partial charge in [-0.15, -0.1) is 12.4 Å². The van der Waals surface area contributed by atoms with E-state index in [-0.39, 0.29) is 12.4 Å². The average Bonchev–Trinajstić information content (AvgIpc) is 2.56. The standard InChI is InChI=1S/C11H13BrN2.ClH/c12-9-2-1-8-5-10-7-13-3-4-14(10)11(8)6-9;/h1-2,6,10,13H,3-5,7H2;1H. The molecule has 1 N–H and O–H groups in total. The molecule has 0 bridgehead atoms. The largest absolute Gasteiger partial charge is 0.365 e. The summed E-state index contributed by atoms with van der Waals surface area (Å²) >= 11 is 3.54. The maximum Gasteiger partial charge on any atom is 0.0456 e. The Morgan fingerprint density at radius 2 is 2.27 bits per heavy atom. The van der Waals surface area contributed by atoms with Crippen LogP contribution in [0.15, 0.2) is 22.7 Å². The quantitative estimate of drug-likeness (QED) is 0.788. The van der Waals surface area contributed by atoms with Crippen molar-refractivity contribution in [1.29, 1.82) is 0 Å². The van der Waals surface area contributed by atoms with Crippen LogP contribution >= 0.6 is 28.3 Å². The second-order valence-electron chi connectivity index (χ2n) is 4.03. The predicted molar refractivity (Wildman–Crippen MR) is 69.1 cm³/mol. The number of rotatable bonds is 0. The van der Waals surface area contributed by atoms with Crippen LogP contribution in [0.5, 0.6) is 0 Å². The molecule has 0 saturated carbocycles. The van der Waals surface area contributed by atoms with Crippen LogP contribution in [0.1, 0.15) is 5.56 Å². The fraction of sp³-hybridized carbons (Fsp3) is 0.455. The van der Waals surface area contributed by atoms with E-state index in [1.165, 1.54) is 22.1 Å². The van der Waals surface area contributed by atoms with Gasteiger partial charge in [0.2, 0.25) is 0 Å². The van der Waals surface area contributed by atoms with Crippen LogP contribution in [0.2, 0.25) is 0 Å². The van der Waals surface area contributed by atoms with Crippen LogP contribution < -0.4 is 10.2 Å². The molecule has 0 spiro atoms. The highest BCUT2D eigenvalue weighted by Gasteiger charge is 2.30. The summed E-state index contributed by atoms with van der Waals surface area (Å²) in [5.74, 6) is 0. The second kappa shape index (κ2) is 4.32. The third-order valence-corrected chi connectivity index (χ3v) is 3.66. The van der Waals surface area contributed by atoms with E-state index in [1.807, 2.05) is 0 Å². The van der Waals surface area contributed by atoms with E-state index in [0.29, 0.717) is 6.04 Å². The van der Waals surface area contributed by atoms with Gasteiger partial charge in [-0.05, 0) is 24.1 Å². The normalized spacial score (nSPS) is 23.0. The van der Waals surface area contributed by atoms with Crippen LogP contribution in [0.25, 0.3) is 0 Å². The Kier molecular flexibility index (Phi) is 3.24. The van der Waals surface area contributed by atoms with Gasteiger partial charge in [0.25, 0.3) is 0 Å². The molecule has 2 aliphatic heterocycles. The molecule has 1 unspecified atom stereocenters. The van der Waals surface area contributed by atoms with E-state index in [2.05, 4.69) is 44.3 Å². The highest BCUT2D eigenvalue weighted by molar-refractivity contribution is 9.10. The van der Waals surface area contributed by atoms with E-state index >= 15 is 0 Å². The van der Waals surface area contributed by atoms with E-state index in [0.717, 1.165) is 19.6 Å². The highest BCUT2D eigenvalue weighted by atomic mass is 79.9. The molecule has 4 heteroatoms. The van der Waals surface area contributed by atoms with Gasteiger partial charge in [0, 0.05) is 35.8 Å². The minimum absolute atomic E-state index is 0. The Bertz CT molecular complexity index is 370. The van der Waals surface area contributed by atoms with Gasteiger partial charge in [-0.2, -0.15) is 0 Å². The van der Waals surface area contributed by atoms with Gasteiger partial charge in [-0.3, -0.25) is 0 Å². The molecule has 3 rings (SSSR count). The van der Waals surface area contributed by atoms with Crippen LogP contribution in [0.4, 0.5) is 5.69 Å². The monoisotopic (exact) mass is 288 g/mol. The smallest absolute Gasteiger partial charge is 0.0456 e. The number of hydrogen-bond acceptors (Lipinski definition) is 2. The van der Waals surface area contributed by atoms with Crippen LogP contribution in [-0.2, 0) is 6.42 Å². The summed E-state index contributed by atoms with van der Waals surface area (Å²) in [5, 5.41) is 3.45. The minimum atomic E-state index is 0. The van der Waals surface area contributed by atoms with E-state index in [9.17, 15) is 0 Å². The van der Waals surface area contributed by atoms with Crippen molar-refractivity contribution in [2.75, 3.05) is 24.5 Å². The summed E-state index contributed by atoms with van der Waals surface area (Å²) in [6.45, 7) is 3.39. The van der Waals surface area contributed by atoms with E-state index < -0.39 is 0 Å². The Labute approximate surface area is 105 Å². The molecule has 0 aromatic heterocycles. The van der Waals surface area contributed by atoms with Crippen molar-refractivity contribution in [3.8, 4) is 0 Å². The number of fused-ring (bicyclic) bond motifs is 3. The SMILES string of the molecule is Brc1ccc2c(c1)N1CCNCC1C2.Cl. The number of hydrogen-bond donors (Lipinski definition) is 1. The number of halogens is 2. The lowest BCUT2D eigenvalue weighted by Gasteiger charge is -2.32. The molecule has 0 radical (unpaired) electrons. The molecule has 1 fully saturated rings. The lowest BCUT2D eigenvalue weighted by Crippen LogP contribution is -2.49. The molecule has 1 saturated heterocycles. The van der Waals surface area contributed by atoms with Crippen molar-refractivity contribution in [3.63, 3.8) is 0 Å². The summed E-state index contributed by atoms with van der Waals surface area (Å²) < 4.78 is 1.19. The third-order valence-electron chi connectivity index (χ3n) is 3.16. The van der Waals surface area contributed by atoms with Gasteiger partial charge >= 0.3 is 0 Å². The Balaban J connectivity index is 0.000000853. The molecular formula is C11H14BrClN2. The zero-order chi connectivity index (χ0) is 9.54. The molecule has 2 aliphatic rings. The van der Waals surface area contributed by atoms with Gasteiger partial charge in [0.05, 0.1) is 0 Å². The second-order valence-corrected chi connectivity index (χ2v) is 4.94. The van der Waals surface area contributed by atoms with Gasteiger partial charge < -0.3 is 10.2 Å². The predicted octanol–water partition coefficient (Wildman–Crippen LogP) is 2.21. The number of nitrogens with one attached hydrogen (secondary N) is 1. The molecule has 82 valence electrons. The summed E-state index contributed by atoms with van der Waals surface area (Å²) in [6.07, 6.45) is 1.20. The maximum atomic E-state index is 3.54. The number of anilines is 1. The summed E-state index contributed by atoms with van der Waals surface area (Å²) in [5.41, 5.74) is 2.94. The zero-order valence-corrected chi connectivity index (χ0v) is 10.8. The Hall–Kier alpha value is -0.250. The van der Waals surface area contributed by atoms with Crippen molar-refractivity contribution in [1.82, 2.24) is 5.32 Å². The fourth-order valence-electron chi connectivity index (χ4n) is 2.49. The van der Waals surface area contributed by atoms with Crippen molar-refractivity contribution in [2.24, 2.45) is 0 Å². The molecule has 1 aromatic rings. The first-order chi connectivity index (χ1) is 6.84. The van der Waals surface area contributed by atoms with Gasteiger partial charge in [0.15, 0.2) is 0 Å². The summed E-state index contributed by atoms with van der Waals surface area (Å²) in [7, 11) is 0. The highest BCUT2D eigenvalue weighted by Crippen LogP contribution is 2.34. The van der Waals surface area contributed by atoms with Crippen molar-refractivity contribution >= 4 is 34.0 Å². The minimum Gasteiger partial charge on any atom is -0.365 e. The van der Waals surface area contributed by atoms with Crippen LogP contribution in [-0.4, -0.2) is 25.7 Å². The lowest BCUT2D eigenvalue weighted by molar-refractivity contribution is 0.495. The first-order valence-electron chi connectivity index (χ1n) is 5.10. The molecule has 2 heterocycles. The Morgan fingerprint density at radius 3 is 3.13 bits per heavy atom. The maximum absolute atomic E-state index is 3.54. The average molecular weight is 290 g/mol. The van der Waals surface area contributed by atoms with E-state index in [1.54, 1.807) is 0 Å². The molecule has 0 amide bonds. The van der Waals surface area contributed by atoms with Crippen LogP contribution in [0, 0.1) is 0 Å². The first kappa shape index (κ1) is 11.2. The molecule has 2 nitrogen and oxygen atoms in total. The van der Waals surface area contributed by atoms with E-state index in [4.69, 9.17) is 0 Å². The fourth-order valence-corrected chi connectivity index (χ4v) is 2.84. The van der Waals surface area contributed by atoms with Crippen LogP contribution in [0.3, 0.4) is 0 Å².